The van der Waals surface area contributed by atoms with Crippen molar-refractivity contribution in [1.82, 2.24) is 10.2 Å². The molecule has 1 heterocycles. The molecular weight excluding hydrogens is 206 g/mol. The third kappa shape index (κ3) is 2.65. The molecule has 2 amide bonds. The molecule has 5 heteroatoms. The minimum Gasteiger partial charge on any atom is -0.381 e. The van der Waals surface area contributed by atoms with Gasteiger partial charge in [-0.2, -0.15) is 0 Å². The Labute approximate surface area is 97.0 Å². The second-order valence-electron chi connectivity index (χ2n) is 5.81. The number of urea groups is 1. The number of piperidine rings is 1. The lowest BCUT2D eigenvalue weighted by Gasteiger charge is -2.54. The van der Waals surface area contributed by atoms with E-state index in [1.165, 1.54) is 0 Å². The summed E-state index contributed by atoms with van der Waals surface area (Å²) in [4.78, 5) is 12.9. The third-order valence-corrected chi connectivity index (χ3v) is 3.44. The summed E-state index contributed by atoms with van der Waals surface area (Å²) in [5.74, 6) is 0. The van der Waals surface area contributed by atoms with E-state index in [2.05, 4.69) is 37.9 Å². The molecule has 0 aromatic heterocycles. The molecule has 5 nitrogen and oxygen atoms in total. The summed E-state index contributed by atoms with van der Waals surface area (Å²) in [7, 11) is 0. The van der Waals surface area contributed by atoms with Gasteiger partial charge in [0.15, 0.2) is 0 Å². The van der Waals surface area contributed by atoms with E-state index < -0.39 is 6.03 Å². The van der Waals surface area contributed by atoms with Gasteiger partial charge >= 0.3 is 6.03 Å². The van der Waals surface area contributed by atoms with Crippen LogP contribution in [0, 0.1) is 0 Å². The van der Waals surface area contributed by atoms with Gasteiger partial charge in [0.05, 0.1) is 6.73 Å². The number of nitrogens with two attached hydrogens (primary N) is 1. The zero-order valence-corrected chi connectivity index (χ0v) is 10.6. The van der Waals surface area contributed by atoms with Crippen LogP contribution in [0.1, 0.15) is 40.5 Å². The monoisotopic (exact) mass is 229 g/mol. The van der Waals surface area contributed by atoms with Gasteiger partial charge in [0, 0.05) is 17.1 Å². The summed E-state index contributed by atoms with van der Waals surface area (Å²) in [5.41, 5.74) is 4.86. The summed E-state index contributed by atoms with van der Waals surface area (Å²) >= 11 is 0. The van der Waals surface area contributed by atoms with Crippen molar-refractivity contribution in [2.24, 2.45) is 5.73 Å². The van der Waals surface area contributed by atoms with Crippen LogP contribution in [-0.2, 0) is 0 Å². The van der Waals surface area contributed by atoms with Gasteiger partial charge in [-0.05, 0) is 40.5 Å². The van der Waals surface area contributed by atoms with Crippen molar-refractivity contribution >= 4 is 6.03 Å². The number of amides is 2. The first-order chi connectivity index (χ1) is 7.19. The lowest BCUT2D eigenvalue weighted by atomic mass is 9.77. The van der Waals surface area contributed by atoms with E-state index in [9.17, 15) is 9.90 Å². The zero-order valence-electron chi connectivity index (χ0n) is 10.6. The maximum Gasteiger partial charge on any atom is 0.312 e. The minimum absolute atomic E-state index is 0.0310. The van der Waals surface area contributed by atoms with Gasteiger partial charge in [0.2, 0.25) is 0 Å². The van der Waals surface area contributed by atoms with E-state index in [1.807, 2.05) is 0 Å². The maximum absolute atomic E-state index is 10.9. The van der Waals surface area contributed by atoms with Crippen LogP contribution in [0.2, 0.25) is 0 Å². The number of nitrogens with zero attached hydrogens (tertiary/aromatic N) is 1. The summed E-state index contributed by atoms with van der Waals surface area (Å²) in [6.07, 6.45) is 1.58. The first-order valence-electron chi connectivity index (χ1n) is 5.63. The van der Waals surface area contributed by atoms with Gasteiger partial charge in [0.25, 0.3) is 0 Å². The molecule has 1 aliphatic rings. The first kappa shape index (κ1) is 13.3. The SMILES string of the molecule is CC1(C)CC(NC(N)=O)CC(C)(C)N1CO. The summed E-state index contributed by atoms with van der Waals surface area (Å²) < 4.78 is 0. The van der Waals surface area contributed by atoms with Crippen molar-refractivity contribution in [2.45, 2.75) is 57.7 Å². The molecule has 0 saturated carbocycles. The lowest BCUT2D eigenvalue weighted by Crippen LogP contribution is -2.64. The fourth-order valence-corrected chi connectivity index (χ4v) is 3.00. The van der Waals surface area contributed by atoms with Crippen LogP contribution >= 0.6 is 0 Å². The molecular formula is C11H23N3O2. The zero-order chi connectivity index (χ0) is 12.6. The van der Waals surface area contributed by atoms with Crippen LogP contribution in [0.15, 0.2) is 0 Å². The highest BCUT2D eigenvalue weighted by Crippen LogP contribution is 2.37. The molecule has 0 aliphatic carbocycles. The molecule has 94 valence electrons. The number of hydrogen-bond donors (Lipinski definition) is 3. The number of likely N-dealkylation sites (tertiary alicyclic amines) is 1. The second-order valence-corrected chi connectivity index (χ2v) is 5.81. The smallest absolute Gasteiger partial charge is 0.312 e. The topological polar surface area (TPSA) is 78.6 Å². The quantitative estimate of drug-likeness (QED) is 0.649. The van der Waals surface area contributed by atoms with Crippen molar-refractivity contribution in [3.05, 3.63) is 0 Å². The number of aliphatic hydroxyl groups excluding tert-OH is 1. The number of carbonyl (C=O) groups is 1. The van der Waals surface area contributed by atoms with Crippen LogP contribution < -0.4 is 11.1 Å². The van der Waals surface area contributed by atoms with Gasteiger partial charge in [0.1, 0.15) is 0 Å². The van der Waals surface area contributed by atoms with Crippen molar-refractivity contribution in [3.63, 3.8) is 0 Å². The highest BCUT2D eigenvalue weighted by atomic mass is 16.3. The van der Waals surface area contributed by atoms with Crippen molar-refractivity contribution in [1.29, 1.82) is 0 Å². The molecule has 0 unspecified atom stereocenters. The minimum atomic E-state index is -0.478. The van der Waals surface area contributed by atoms with E-state index in [0.717, 1.165) is 12.8 Å². The average Bonchev–Trinajstić information content (AvgIpc) is 1.97. The van der Waals surface area contributed by atoms with Gasteiger partial charge in [-0.1, -0.05) is 0 Å². The molecule has 16 heavy (non-hydrogen) atoms. The summed E-state index contributed by atoms with van der Waals surface area (Å²) in [6, 6.07) is -0.403. The van der Waals surface area contributed by atoms with Crippen LogP contribution in [0.25, 0.3) is 0 Å². The molecule has 1 rings (SSSR count). The molecule has 0 aromatic rings. The molecule has 0 radical (unpaired) electrons. The van der Waals surface area contributed by atoms with Crippen LogP contribution in [0.5, 0.6) is 0 Å². The second kappa shape index (κ2) is 4.22. The van der Waals surface area contributed by atoms with Crippen LogP contribution in [-0.4, -0.2) is 39.9 Å². The van der Waals surface area contributed by atoms with E-state index in [1.54, 1.807) is 0 Å². The molecule has 1 saturated heterocycles. The number of hydrogen-bond acceptors (Lipinski definition) is 3. The number of carbonyl (C=O) groups excluding carboxylic acids is 1. The van der Waals surface area contributed by atoms with E-state index in [0.29, 0.717) is 0 Å². The highest BCUT2D eigenvalue weighted by Gasteiger charge is 2.45. The predicted octanol–water partition coefficient (Wildman–Crippen LogP) is 0.626. The van der Waals surface area contributed by atoms with Gasteiger partial charge in [-0.25, -0.2) is 4.79 Å². The lowest BCUT2D eigenvalue weighted by molar-refractivity contribution is -0.0887. The average molecular weight is 229 g/mol. The Morgan fingerprint density at radius 3 is 2.12 bits per heavy atom. The Morgan fingerprint density at radius 1 is 1.38 bits per heavy atom. The first-order valence-corrected chi connectivity index (χ1v) is 5.63. The molecule has 1 aliphatic heterocycles. The predicted molar refractivity (Wildman–Crippen MR) is 62.8 cm³/mol. The number of nitrogens with one attached hydrogen (secondary N) is 1. The Balaban J connectivity index is 2.84. The number of aliphatic hydroxyl groups is 1. The van der Waals surface area contributed by atoms with E-state index in [4.69, 9.17) is 5.73 Å². The fourth-order valence-electron chi connectivity index (χ4n) is 3.00. The molecule has 1 fully saturated rings. The van der Waals surface area contributed by atoms with Crippen molar-refractivity contribution in [2.75, 3.05) is 6.73 Å². The standard InChI is InChI=1S/C11H23N3O2/c1-10(2)5-8(13-9(12)16)6-11(3,4)14(10)7-15/h8,15H,5-7H2,1-4H3,(H3,12,13,16). The number of primary amides is 1. The molecule has 0 atom stereocenters. The van der Waals surface area contributed by atoms with Crippen molar-refractivity contribution < 1.29 is 9.90 Å². The Hall–Kier alpha value is -0.810. The van der Waals surface area contributed by atoms with Gasteiger partial charge in [-0.15, -0.1) is 0 Å². The van der Waals surface area contributed by atoms with Crippen LogP contribution in [0.4, 0.5) is 4.79 Å². The van der Waals surface area contributed by atoms with Gasteiger partial charge < -0.3 is 16.2 Å². The van der Waals surface area contributed by atoms with Gasteiger partial charge in [-0.3, -0.25) is 4.90 Å². The molecule has 0 bridgehead atoms. The maximum atomic E-state index is 10.9. The Kier molecular flexibility index (Phi) is 3.50. The normalized spacial score (nSPS) is 25.3. The largest absolute Gasteiger partial charge is 0.381 e. The highest BCUT2D eigenvalue weighted by molar-refractivity contribution is 5.72. The number of rotatable bonds is 2. The molecule has 4 N–H and O–H groups in total. The van der Waals surface area contributed by atoms with E-state index >= 15 is 0 Å². The van der Waals surface area contributed by atoms with E-state index in [-0.39, 0.29) is 23.9 Å². The summed E-state index contributed by atoms with van der Waals surface area (Å²) in [5, 5.41) is 12.2. The molecule has 0 aromatic carbocycles. The Bertz CT molecular complexity index is 258. The van der Waals surface area contributed by atoms with Crippen molar-refractivity contribution in [3.8, 4) is 0 Å². The molecule has 0 spiro atoms. The fraction of sp³-hybridized carbons (Fsp3) is 0.909. The summed E-state index contributed by atoms with van der Waals surface area (Å²) in [6.45, 7) is 8.31. The Morgan fingerprint density at radius 2 is 1.81 bits per heavy atom. The van der Waals surface area contributed by atoms with Crippen LogP contribution in [0.3, 0.4) is 0 Å². The third-order valence-electron chi connectivity index (χ3n) is 3.44.